The minimum absolute atomic E-state index is 0.255. The van der Waals surface area contributed by atoms with Gasteiger partial charge in [0.25, 0.3) is 0 Å². The van der Waals surface area contributed by atoms with Crippen LogP contribution in [-0.4, -0.2) is 0 Å². The van der Waals surface area contributed by atoms with Crippen molar-refractivity contribution in [3.05, 3.63) is 47.0 Å². The zero-order chi connectivity index (χ0) is 19.9. The summed E-state index contributed by atoms with van der Waals surface area (Å²) in [6.07, 6.45) is 16.1. The van der Waals surface area contributed by atoms with Gasteiger partial charge in [-0.2, -0.15) is 5.26 Å². The van der Waals surface area contributed by atoms with Gasteiger partial charge in [0.2, 0.25) is 0 Å². The number of halogens is 2. The van der Waals surface area contributed by atoms with Crippen LogP contribution in [0.4, 0.5) is 8.78 Å². The molecule has 0 atom stereocenters. The van der Waals surface area contributed by atoms with Crippen LogP contribution in [0.3, 0.4) is 0 Å². The van der Waals surface area contributed by atoms with E-state index in [1.165, 1.54) is 63.9 Å². The van der Waals surface area contributed by atoms with Crippen LogP contribution in [-0.2, 0) is 0 Å². The molecule has 2 fully saturated rings. The maximum absolute atomic E-state index is 13.6. The van der Waals surface area contributed by atoms with Crippen LogP contribution in [0.15, 0.2) is 24.3 Å². The first kappa shape index (κ1) is 20.6. The van der Waals surface area contributed by atoms with Gasteiger partial charge in [-0.15, -0.1) is 0 Å². The molecular weight excluding hydrogens is 352 g/mol. The molecule has 1 aromatic carbocycles. The van der Waals surface area contributed by atoms with Crippen LogP contribution in [0.5, 0.6) is 0 Å². The molecule has 2 aliphatic rings. The average Bonchev–Trinajstić information content (AvgIpc) is 2.72. The van der Waals surface area contributed by atoms with Gasteiger partial charge in [0.05, 0.1) is 0 Å². The summed E-state index contributed by atoms with van der Waals surface area (Å²) in [4.78, 5) is 0. The third kappa shape index (κ3) is 5.23. The Kier molecular flexibility index (Phi) is 7.27. The lowest BCUT2D eigenvalue weighted by atomic mass is 9.69. The van der Waals surface area contributed by atoms with Crippen molar-refractivity contribution in [1.29, 1.82) is 5.26 Å². The highest BCUT2D eigenvalue weighted by molar-refractivity contribution is 5.43. The van der Waals surface area contributed by atoms with Gasteiger partial charge in [0.15, 0.2) is 0 Å². The fourth-order valence-corrected chi connectivity index (χ4v) is 4.94. The van der Waals surface area contributed by atoms with Crippen molar-refractivity contribution in [2.24, 2.45) is 23.7 Å². The first-order chi connectivity index (χ1) is 13.6. The van der Waals surface area contributed by atoms with Crippen molar-refractivity contribution in [3.8, 4) is 17.9 Å². The summed E-state index contributed by atoms with van der Waals surface area (Å²) in [5, 5.41) is 8.70. The molecule has 0 spiro atoms. The van der Waals surface area contributed by atoms with E-state index in [0.717, 1.165) is 29.9 Å². The molecule has 0 unspecified atom stereocenters. The molecule has 3 heteroatoms. The van der Waals surface area contributed by atoms with E-state index in [9.17, 15) is 8.78 Å². The minimum Gasteiger partial charge on any atom is -0.205 e. The van der Waals surface area contributed by atoms with Gasteiger partial charge in [0, 0.05) is 5.56 Å². The Morgan fingerprint density at radius 1 is 0.964 bits per heavy atom. The van der Waals surface area contributed by atoms with Crippen molar-refractivity contribution < 1.29 is 8.78 Å². The molecule has 0 heterocycles. The van der Waals surface area contributed by atoms with E-state index in [4.69, 9.17) is 5.26 Å². The van der Waals surface area contributed by atoms with E-state index in [2.05, 4.69) is 24.8 Å². The summed E-state index contributed by atoms with van der Waals surface area (Å²) in [5.41, 5.74) is -0.300. The zero-order valence-electron chi connectivity index (χ0n) is 16.7. The fraction of sp³-hybridized carbons (Fsp3) is 0.560. The number of hydrogen-bond donors (Lipinski definition) is 0. The molecule has 2 aliphatic carbocycles. The molecule has 3 rings (SSSR count). The lowest BCUT2D eigenvalue weighted by Gasteiger charge is -2.37. The highest BCUT2D eigenvalue weighted by atomic mass is 19.1. The molecule has 0 amide bonds. The first-order valence-corrected chi connectivity index (χ1v) is 10.7. The molecule has 0 radical (unpaired) electrons. The normalized spacial score (nSPS) is 27.8. The number of nitrogens with zero attached hydrogens (tertiary/aromatic N) is 1. The summed E-state index contributed by atoms with van der Waals surface area (Å²) in [6, 6.07) is 3.75. The van der Waals surface area contributed by atoms with Crippen molar-refractivity contribution >= 4 is 0 Å². The molecule has 1 aromatic rings. The maximum Gasteiger partial charge on any atom is 0.145 e. The van der Waals surface area contributed by atoms with Crippen molar-refractivity contribution in [2.75, 3.05) is 0 Å². The second-order valence-corrected chi connectivity index (χ2v) is 8.42. The number of rotatable bonds is 3. The summed E-state index contributed by atoms with van der Waals surface area (Å²) < 4.78 is 27.2. The fourth-order valence-electron chi connectivity index (χ4n) is 4.94. The Hall–Kier alpha value is -2.13. The molecule has 0 N–H and O–H groups in total. The maximum atomic E-state index is 13.6. The number of benzene rings is 1. The summed E-state index contributed by atoms with van der Waals surface area (Å²) in [5.74, 6) is 7.29. The minimum atomic E-state index is -0.859. The topological polar surface area (TPSA) is 23.8 Å². The SMILES string of the molecule is CC[C@H]1CC[C@H]([C@H]2CC[C@H](C=CC#Cc3cc(F)c(C#N)c(F)c3)CC2)CC1. The highest BCUT2D eigenvalue weighted by Crippen LogP contribution is 2.42. The van der Waals surface area contributed by atoms with Crippen molar-refractivity contribution in [1.82, 2.24) is 0 Å². The molecule has 0 saturated heterocycles. The molecule has 0 bridgehead atoms. The number of hydrogen-bond acceptors (Lipinski definition) is 1. The van der Waals surface area contributed by atoms with Crippen LogP contribution < -0.4 is 0 Å². The predicted molar refractivity (Wildman–Crippen MR) is 108 cm³/mol. The Bertz CT molecular complexity index is 769. The van der Waals surface area contributed by atoms with Gasteiger partial charge >= 0.3 is 0 Å². The third-order valence-corrected chi connectivity index (χ3v) is 6.77. The van der Waals surface area contributed by atoms with Gasteiger partial charge < -0.3 is 0 Å². The average molecular weight is 382 g/mol. The van der Waals surface area contributed by atoms with E-state index in [1.807, 2.05) is 6.08 Å². The van der Waals surface area contributed by atoms with Crippen molar-refractivity contribution in [2.45, 2.75) is 64.7 Å². The van der Waals surface area contributed by atoms with Crippen LogP contribution in [0.2, 0.25) is 0 Å². The number of allylic oxidation sites excluding steroid dienone is 2. The van der Waals surface area contributed by atoms with Gasteiger partial charge in [0.1, 0.15) is 23.3 Å². The van der Waals surface area contributed by atoms with Gasteiger partial charge in [-0.25, -0.2) is 8.78 Å². The molecule has 28 heavy (non-hydrogen) atoms. The standard InChI is InChI=1S/C25H29F2N/c1-2-18-7-11-21(12-8-18)22-13-9-19(10-14-22)5-3-4-6-20-15-24(26)23(17-28)25(27)16-20/h3,5,15-16,18-19,21-22H,2,7-14H2,1H3/t18-,19-,21-,22-. The van der Waals surface area contributed by atoms with Crippen LogP contribution >= 0.6 is 0 Å². The van der Waals surface area contributed by atoms with E-state index in [1.54, 1.807) is 0 Å². The monoisotopic (exact) mass is 381 g/mol. The quantitative estimate of drug-likeness (QED) is 0.530. The van der Waals surface area contributed by atoms with E-state index >= 15 is 0 Å². The Balaban J connectivity index is 1.48. The Morgan fingerprint density at radius 2 is 1.54 bits per heavy atom. The van der Waals surface area contributed by atoms with Crippen LogP contribution in [0.25, 0.3) is 0 Å². The molecular formula is C25H29F2N. The zero-order valence-corrected chi connectivity index (χ0v) is 16.7. The van der Waals surface area contributed by atoms with Crippen molar-refractivity contribution in [3.63, 3.8) is 0 Å². The lowest BCUT2D eigenvalue weighted by molar-refractivity contribution is 0.154. The second kappa shape index (κ2) is 9.88. The highest BCUT2D eigenvalue weighted by Gasteiger charge is 2.29. The predicted octanol–water partition coefficient (Wildman–Crippen LogP) is 6.77. The van der Waals surface area contributed by atoms with Gasteiger partial charge in [-0.3, -0.25) is 0 Å². The van der Waals surface area contributed by atoms with E-state index in [-0.39, 0.29) is 5.56 Å². The van der Waals surface area contributed by atoms with Gasteiger partial charge in [-0.1, -0.05) is 44.1 Å². The first-order valence-electron chi connectivity index (χ1n) is 10.7. The summed E-state index contributed by atoms with van der Waals surface area (Å²) in [7, 11) is 0. The molecule has 2 saturated carbocycles. The Labute approximate surface area is 167 Å². The molecule has 0 aliphatic heterocycles. The van der Waals surface area contributed by atoms with Gasteiger partial charge in [-0.05, 0) is 80.4 Å². The Morgan fingerprint density at radius 3 is 2.07 bits per heavy atom. The molecule has 1 nitrogen and oxygen atoms in total. The summed E-state index contributed by atoms with van der Waals surface area (Å²) >= 11 is 0. The third-order valence-electron chi connectivity index (χ3n) is 6.77. The van der Waals surface area contributed by atoms with Crippen LogP contribution in [0, 0.1) is 58.5 Å². The second-order valence-electron chi connectivity index (χ2n) is 8.42. The van der Waals surface area contributed by atoms with E-state index in [0.29, 0.717) is 5.92 Å². The lowest BCUT2D eigenvalue weighted by Crippen LogP contribution is -2.25. The number of nitriles is 1. The van der Waals surface area contributed by atoms with Crippen LogP contribution in [0.1, 0.15) is 75.8 Å². The summed E-state index contributed by atoms with van der Waals surface area (Å²) in [6.45, 7) is 2.32. The largest absolute Gasteiger partial charge is 0.205 e. The molecule has 0 aromatic heterocycles. The smallest absolute Gasteiger partial charge is 0.145 e. The van der Waals surface area contributed by atoms with E-state index < -0.39 is 17.2 Å². The molecule has 148 valence electrons.